The van der Waals surface area contributed by atoms with Gasteiger partial charge in [-0.25, -0.2) is 14.8 Å². The predicted molar refractivity (Wildman–Crippen MR) is 112 cm³/mol. The number of benzene rings is 1. The monoisotopic (exact) mass is 433 g/mol. The molecule has 2 aromatic rings. The molecule has 0 aliphatic rings. The van der Waals surface area contributed by atoms with Crippen molar-refractivity contribution in [2.45, 2.75) is 19.3 Å². The number of rotatable bonds is 10. The third-order valence-corrected chi connectivity index (χ3v) is 4.39. The topological polar surface area (TPSA) is 128 Å². The van der Waals surface area contributed by atoms with E-state index in [0.717, 1.165) is 28.3 Å². The molecular formula is C20H24ClN5O4. The van der Waals surface area contributed by atoms with Gasteiger partial charge in [-0.3, -0.25) is 14.5 Å². The number of carbonyl (C=O) groups excluding carboxylic acids is 3. The Morgan fingerprint density at radius 1 is 1.13 bits per heavy atom. The van der Waals surface area contributed by atoms with Gasteiger partial charge in [0.15, 0.2) is 0 Å². The Labute approximate surface area is 179 Å². The van der Waals surface area contributed by atoms with Crippen LogP contribution in [-0.2, 0) is 20.7 Å². The predicted octanol–water partition coefficient (Wildman–Crippen LogP) is 1.79. The maximum Gasteiger partial charge on any atom is 0.410 e. The van der Waals surface area contributed by atoms with Gasteiger partial charge in [-0.1, -0.05) is 23.7 Å². The van der Waals surface area contributed by atoms with Crippen molar-refractivity contribution < 1.29 is 19.1 Å². The van der Waals surface area contributed by atoms with E-state index in [9.17, 15) is 14.4 Å². The van der Waals surface area contributed by atoms with Gasteiger partial charge < -0.3 is 15.8 Å². The highest BCUT2D eigenvalue weighted by Gasteiger charge is 2.19. The first-order valence-electron chi connectivity index (χ1n) is 9.36. The van der Waals surface area contributed by atoms with Gasteiger partial charge in [-0.05, 0) is 37.5 Å². The molecule has 9 nitrogen and oxygen atoms in total. The zero-order chi connectivity index (χ0) is 21.9. The highest BCUT2D eigenvalue weighted by atomic mass is 35.5. The molecule has 10 heteroatoms. The van der Waals surface area contributed by atoms with Gasteiger partial charge in [-0.2, -0.15) is 0 Å². The first-order chi connectivity index (χ1) is 14.4. The Morgan fingerprint density at radius 2 is 1.87 bits per heavy atom. The van der Waals surface area contributed by atoms with E-state index in [0.29, 0.717) is 17.9 Å². The number of likely N-dealkylation sites (N-methyl/N-ethyl adjacent to an activating group) is 1. The van der Waals surface area contributed by atoms with E-state index in [-0.39, 0.29) is 19.7 Å². The SMILES string of the molecule is CNC(=O)CN(CC(N)=O)C(=O)OCCCCc1cc(-c2ccc(Cl)cc2)ncn1. The van der Waals surface area contributed by atoms with Crippen molar-refractivity contribution in [3.63, 3.8) is 0 Å². The van der Waals surface area contributed by atoms with Gasteiger partial charge in [0, 0.05) is 23.3 Å². The number of ether oxygens (including phenoxy) is 1. The summed E-state index contributed by atoms with van der Waals surface area (Å²) < 4.78 is 5.15. The highest BCUT2D eigenvalue weighted by molar-refractivity contribution is 6.30. The van der Waals surface area contributed by atoms with Crippen LogP contribution >= 0.6 is 11.6 Å². The summed E-state index contributed by atoms with van der Waals surface area (Å²) in [6, 6.07) is 9.31. The molecule has 160 valence electrons. The Bertz CT molecular complexity index is 876. The zero-order valence-electron chi connectivity index (χ0n) is 16.6. The van der Waals surface area contributed by atoms with E-state index in [1.54, 1.807) is 12.1 Å². The van der Waals surface area contributed by atoms with Gasteiger partial charge in [-0.15, -0.1) is 0 Å². The normalized spacial score (nSPS) is 10.3. The number of halogens is 1. The van der Waals surface area contributed by atoms with Gasteiger partial charge in [0.05, 0.1) is 12.3 Å². The minimum absolute atomic E-state index is 0.150. The van der Waals surface area contributed by atoms with E-state index >= 15 is 0 Å². The maximum atomic E-state index is 12.1. The molecule has 0 aliphatic heterocycles. The number of unbranched alkanes of at least 4 members (excludes halogenated alkanes) is 1. The number of aryl methyl sites for hydroxylation is 1. The van der Waals surface area contributed by atoms with Crippen LogP contribution in [0.1, 0.15) is 18.5 Å². The molecule has 1 aromatic heterocycles. The van der Waals surface area contributed by atoms with Gasteiger partial charge in [0.1, 0.15) is 19.4 Å². The van der Waals surface area contributed by atoms with Crippen molar-refractivity contribution in [1.82, 2.24) is 20.2 Å². The number of nitrogens with two attached hydrogens (primary N) is 1. The minimum atomic E-state index is -0.760. The van der Waals surface area contributed by atoms with Crippen molar-refractivity contribution >= 4 is 29.5 Å². The highest BCUT2D eigenvalue weighted by Crippen LogP contribution is 2.20. The lowest BCUT2D eigenvalue weighted by molar-refractivity contribution is -0.123. The van der Waals surface area contributed by atoms with E-state index in [2.05, 4.69) is 15.3 Å². The van der Waals surface area contributed by atoms with Crippen LogP contribution in [0.5, 0.6) is 0 Å². The second kappa shape index (κ2) is 11.7. The van der Waals surface area contributed by atoms with Crippen molar-refractivity contribution in [3.8, 4) is 11.3 Å². The number of hydrogen-bond acceptors (Lipinski definition) is 6. The van der Waals surface area contributed by atoms with Crippen LogP contribution in [0.25, 0.3) is 11.3 Å². The van der Waals surface area contributed by atoms with Crippen molar-refractivity contribution in [2.24, 2.45) is 5.73 Å². The average Bonchev–Trinajstić information content (AvgIpc) is 2.73. The van der Waals surface area contributed by atoms with Gasteiger partial charge >= 0.3 is 6.09 Å². The standard InChI is InChI=1S/C20H24ClN5O4/c1-23-19(28)12-26(11-18(22)27)20(29)30-9-3-2-4-16-10-17(25-13-24-16)14-5-7-15(21)8-6-14/h5-8,10,13H,2-4,9,11-12H2,1H3,(H2,22,27)(H,23,28). The minimum Gasteiger partial charge on any atom is -0.449 e. The van der Waals surface area contributed by atoms with E-state index in [1.165, 1.54) is 13.4 Å². The van der Waals surface area contributed by atoms with Crippen LogP contribution in [0.4, 0.5) is 4.79 Å². The molecule has 30 heavy (non-hydrogen) atoms. The molecule has 0 radical (unpaired) electrons. The fourth-order valence-electron chi connectivity index (χ4n) is 2.60. The fraction of sp³-hybridized carbons (Fsp3) is 0.350. The number of nitrogens with one attached hydrogen (secondary N) is 1. The summed E-state index contributed by atoms with van der Waals surface area (Å²) in [5.41, 5.74) is 7.74. The summed E-state index contributed by atoms with van der Waals surface area (Å²) in [5, 5.41) is 3.04. The Balaban J connectivity index is 1.79. The summed E-state index contributed by atoms with van der Waals surface area (Å²) in [6.45, 7) is -0.537. The average molecular weight is 434 g/mol. The largest absolute Gasteiger partial charge is 0.449 e. The van der Waals surface area contributed by atoms with Crippen LogP contribution in [0.2, 0.25) is 5.02 Å². The second-order valence-electron chi connectivity index (χ2n) is 6.47. The number of carbonyl (C=O) groups is 3. The number of hydrogen-bond donors (Lipinski definition) is 2. The first-order valence-corrected chi connectivity index (χ1v) is 9.74. The lowest BCUT2D eigenvalue weighted by atomic mass is 10.1. The van der Waals surface area contributed by atoms with Crippen LogP contribution < -0.4 is 11.1 Å². The lowest BCUT2D eigenvalue weighted by Gasteiger charge is -2.19. The summed E-state index contributed by atoms with van der Waals surface area (Å²) in [4.78, 5) is 44.1. The van der Waals surface area contributed by atoms with Crippen LogP contribution in [0.15, 0.2) is 36.7 Å². The number of primary amides is 1. The lowest BCUT2D eigenvalue weighted by Crippen LogP contribution is -2.44. The van der Waals surface area contributed by atoms with Crippen LogP contribution in [0, 0.1) is 0 Å². The molecule has 0 spiro atoms. The molecule has 3 N–H and O–H groups in total. The van der Waals surface area contributed by atoms with Crippen molar-refractivity contribution in [3.05, 3.63) is 47.4 Å². The molecule has 0 bridgehead atoms. The fourth-order valence-corrected chi connectivity index (χ4v) is 2.72. The third kappa shape index (κ3) is 7.67. The number of amides is 3. The molecule has 0 aliphatic carbocycles. The van der Waals surface area contributed by atoms with Crippen LogP contribution in [0.3, 0.4) is 0 Å². The molecule has 2 rings (SSSR count). The molecule has 0 saturated heterocycles. The molecule has 0 saturated carbocycles. The third-order valence-electron chi connectivity index (χ3n) is 4.13. The smallest absolute Gasteiger partial charge is 0.410 e. The van der Waals surface area contributed by atoms with E-state index in [4.69, 9.17) is 22.1 Å². The second-order valence-corrected chi connectivity index (χ2v) is 6.90. The molecular weight excluding hydrogens is 410 g/mol. The molecule has 1 heterocycles. The molecule has 3 amide bonds. The van der Waals surface area contributed by atoms with Crippen LogP contribution in [-0.4, -0.2) is 59.5 Å². The Morgan fingerprint density at radius 3 is 2.53 bits per heavy atom. The summed E-state index contributed by atoms with van der Waals surface area (Å²) in [6.07, 6.45) is 2.76. The maximum absolute atomic E-state index is 12.1. The molecule has 0 atom stereocenters. The molecule has 0 unspecified atom stereocenters. The quantitative estimate of drug-likeness (QED) is 0.550. The first kappa shape index (κ1) is 23.1. The Hall–Kier alpha value is -3.20. The van der Waals surface area contributed by atoms with E-state index in [1.807, 2.05) is 18.2 Å². The molecule has 1 aromatic carbocycles. The number of nitrogens with zero attached hydrogens (tertiary/aromatic N) is 3. The number of aromatic nitrogens is 2. The zero-order valence-corrected chi connectivity index (χ0v) is 17.4. The van der Waals surface area contributed by atoms with Gasteiger partial charge in [0.25, 0.3) is 0 Å². The molecule has 0 fully saturated rings. The van der Waals surface area contributed by atoms with E-state index < -0.39 is 17.9 Å². The van der Waals surface area contributed by atoms with Crippen molar-refractivity contribution in [2.75, 3.05) is 26.7 Å². The summed E-state index contributed by atoms with van der Waals surface area (Å²) in [7, 11) is 1.43. The van der Waals surface area contributed by atoms with Crippen molar-refractivity contribution in [1.29, 1.82) is 0 Å². The summed E-state index contributed by atoms with van der Waals surface area (Å²) >= 11 is 5.91. The van der Waals surface area contributed by atoms with Gasteiger partial charge in [0.2, 0.25) is 11.8 Å². The Kier molecular flexibility index (Phi) is 9.02. The summed E-state index contributed by atoms with van der Waals surface area (Å²) in [5.74, 6) is -1.15.